The van der Waals surface area contributed by atoms with Crippen LogP contribution in [0.3, 0.4) is 0 Å². The van der Waals surface area contributed by atoms with E-state index in [9.17, 15) is 4.79 Å². The first-order chi connectivity index (χ1) is 13.0. The molecule has 0 spiro atoms. The van der Waals surface area contributed by atoms with Gasteiger partial charge in [0, 0.05) is 16.7 Å². The van der Waals surface area contributed by atoms with Crippen molar-refractivity contribution < 1.29 is 9.53 Å². The number of carbonyl (C=O) groups excluding carboxylic acids is 1. The lowest BCUT2D eigenvalue weighted by molar-refractivity contribution is -0.138. The number of nitrogens with zero attached hydrogens (tertiary/aromatic N) is 2. The Morgan fingerprint density at radius 3 is 2.59 bits per heavy atom. The fraction of sp³-hybridized carbons (Fsp3) is 0.143. The maximum absolute atomic E-state index is 12.0. The molecule has 3 rings (SSSR count). The van der Waals surface area contributed by atoms with Crippen molar-refractivity contribution >= 4 is 35.2 Å². The van der Waals surface area contributed by atoms with E-state index >= 15 is 0 Å². The van der Waals surface area contributed by atoms with Gasteiger partial charge in [-0.15, -0.1) is 0 Å². The van der Waals surface area contributed by atoms with Gasteiger partial charge in [0.1, 0.15) is 11.8 Å². The molecular formula is C21H18Cl2N2O2. The molecule has 3 aromatic rings. The number of hydrogen-bond acceptors (Lipinski definition) is 3. The highest BCUT2D eigenvalue weighted by molar-refractivity contribution is 6.31. The van der Waals surface area contributed by atoms with Crippen LogP contribution in [0.5, 0.6) is 0 Å². The molecule has 27 heavy (non-hydrogen) atoms. The summed E-state index contributed by atoms with van der Waals surface area (Å²) >= 11 is 12.4. The molecule has 0 saturated carbocycles. The molecule has 0 N–H and O–H groups in total. The quantitative estimate of drug-likeness (QED) is 0.416. The summed E-state index contributed by atoms with van der Waals surface area (Å²) in [6, 6.07) is 17.1. The zero-order valence-corrected chi connectivity index (χ0v) is 16.2. The number of ether oxygens (including phenoxy) is 1. The fourth-order valence-electron chi connectivity index (χ4n) is 2.60. The molecule has 138 valence electrons. The lowest BCUT2D eigenvalue weighted by atomic mass is 10.2. The Labute approximate surface area is 168 Å². The average Bonchev–Trinajstić information content (AvgIpc) is 2.92. The van der Waals surface area contributed by atoms with Gasteiger partial charge in [0.25, 0.3) is 0 Å². The van der Waals surface area contributed by atoms with Crippen LogP contribution in [-0.4, -0.2) is 15.7 Å². The summed E-state index contributed by atoms with van der Waals surface area (Å²) in [6.45, 7) is 2.57. The van der Waals surface area contributed by atoms with Gasteiger partial charge >= 0.3 is 5.97 Å². The monoisotopic (exact) mass is 400 g/mol. The smallest absolute Gasteiger partial charge is 0.331 e. The maximum Gasteiger partial charge on any atom is 0.331 e. The van der Waals surface area contributed by atoms with E-state index in [1.54, 1.807) is 22.9 Å². The van der Waals surface area contributed by atoms with E-state index in [4.69, 9.17) is 27.9 Å². The van der Waals surface area contributed by atoms with Crippen LogP contribution in [0, 0.1) is 6.92 Å². The Hall–Kier alpha value is -2.56. The van der Waals surface area contributed by atoms with Crippen LogP contribution in [0.15, 0.2) is 60.7 Å². The van der Waals surface area contributed by atoms with Gasteiger partial charge in [-0.25, -0.2) is 9.48 Å². The number of esters is 1. The topological polar surface area (TPSA) is 44.1 Å². The van der Waals surface area contributed by atoms with Gasteiger partial charge in [-0.05, 0) is 36.3 Å². The average molecular weight is 401 g/mol. The van der Waals surface area contributed by atoms with Crippen LogP contribution in [0.25, 0.3) is 6.08 Å². The van der Waals surface area contributed by atoms with E-state index in [1.807, 2.05) is 49.4 Å². The minimum absolute atomic E-state index is 0.156. The van der Waals surface area contributed by atoms with Crippen molar-refractivity contribution in [2.45, 2.75) is 20.1 Å². The highest BCUT2D eigenvalue weighted by atomic mass is 35.5. The van der Waals surface area contributed by atoms with Crippen LogP contribution in [0.1, 0.15) is 22.4 Å². The highest BCUT2D eigenvalue weighted by Gasteiger charge is 2.12. The number of carbonyl (C=O) groups is 1. The molecule has 1 aromatic heterocycles. The van der Waals surface area contributed by atoms with Crippen molar-refractivity contribution in [1.82, 2.24) is 9.78 Å². The van der Waals surface area contributed by atoms with Gasteiger partial charge in [-0.1, -0.05) is 65.7 Å². The van der Waals surface area contributed by atoms with E-state index in [1.165, 1.54) is 6.08 Å². The number of benzene rings is 2. The summed E-state index contributed by atoms with van der Waals surface area (Å²) < 4.78 is 6.94. The molecule has 0 aliphatic rings. The Kier molecular flexibility index (Phi) is 6.32. The van der Waals surface area contributed by atoms with Gasteiger partial charge in [0.2, 0.25) is 0 Å². The minimum Gasteiger partial charge on any atom is -0.458 e. The molecular weight excluding hydrogens is 383 g/mol. The summed E-state index contributed by atoms with van der Waals surface area (Å²) in [6.07, 6.45) is 2.99. The normalized spacial score (nSPS) is 11.1. The molecule has 4 nitrogen and oxygen atoms in total. The molecule has 6 heteroatoms. The lowest BCUT2D eigenvalue weighted by Gasteiger charge is -2.03. The Morgan fingerprint density at radius 2 is 1.85 bits per heavy atom. The number of rotatable bonds is 6. The fourth-order valence-corrected chi connectivity index (χ4v) is 3.11. The Bertz CT molecular complexity index is 966. The molecule has 0 aliphatic carbocycles. The summed E-state index contributed by atoms with van der Waals surface area (Å²) in [5, 5.41) is 5.54. The zero-order valence-electron chi connectivity index (χ0n) is 14.7. The first-order valence-corrected chi connectivity index (χ1v) is 9.14. The third kappa shape index (κ3) is 5.22. The van der Waals surface area contributed by atoms with E-state index in [0.717, 1.165) is 16.8 Å². The predicted octanol–water partition coefficient (Wildman–Crippen LogP) is 5.30. The van der Waals surface area contributed by atoms with E-state index < -0.39 is 5.97 Å². The minimum atomic E-state index is -0.457. The van der Waals surface area contributed by atoms with Crippen LogP contribution in [0.2, 0.25) is 10.2 Å². The van der Waals surface area contributed by atoms with Crippen molar-refractivity contribution in [2.75, 3.05) is 0 Å². The first kappa shape index (κ1) is 19.2. The molecule has 0 radical (unpaired) electrons. The maximum atomic E-state index is 12.0. The van der Waals surface area contributed by atoms with Crippen LogP contribution < -0.4 is 0 Å². The van der Waals surface area contributed by atoms with Crippen LogP contribution in [-0.2, 0) is 22.7 Å². The molecule has 0 aliphatic heterocycles. The second-order valence-corrected chi connectivity index (χ2v) is 6.80. The van der Waals surface area contributed by atoms with Gasteiger partial charge in [0.15, 0.2) is 0 Å². The molecule has 0 amide bonds. The molecule has 0 unspecified atom stereocenters. The summed E-state index contributed by atoms with van der Waals surface area (Å²) in [7, 11) is 0. The third-order valence-electron chi connectivity index (χ3n) is 3.94. The SMILES string of the molecule is Cc1nn(Cc2ccccc2)c(Cl)c1/C=C/C(=O)OCc1cccc(Cl)c1. The highest BCUT2D eigenvalue weighted by Crippen LogP contribution is 2.22. The Balaban J connectivity index is 1.65. The van der Waals surface area contributed by atoms with Gasteiger partial charge in [0.05, 0.1) is 12.2 Å². The second kappa shape index (κ2) is 8.89. The number of hydrogen-bond donors (Lipinski definition) is 0. The van der Waals surface area contributed by atoms with E-state index in [2.05, 4.69) is 5.10 Å². The van der Waals surface area contributed by atoms with Crippen LogP contribution in [0.4, 0.5) is 0 Å². The van der Waals surface area contributed by atoms with Crippen molar-refractivity contribution in [3.05, 3.63) is 93.2 Å². The molecule has 0 atom stereocenters. The standard InChI is InChI=1S/C21H18Cl2N2O2/c1-15-19(21(23)25(24-15)13-16-6-3-2-4-7-16)10-11-20(26)27-14-17-8-5-9-18(22)12-17/h2-12H,13-14H2,1H3/b11-10+. The molecule has 1 heterocycles. The van der Waals surface area contributed by atoms with Gasteiger partial charge in [-0.3, -0.25) is 0 Å². The molecule has 0 fully saturated rings. The molecule has 0 bridgehead atoms. The molecule has 0 saturated heterocycles. The van der Waals surface area contributed by atoms with Crippen molar-refractivity contribution in [2.24, 2.45) is 0 Å². The number of aromatic nitrogens is 2. The third-order valence-corrected chi connectivity index (χ3v) is 4.57. The zero-order chi connectivity index (χ0) is 19.2. The Morgan fingerprint density at radius 1 is 1.11 bits per heavy atom. The van der Waals surface area contributed by atoms with Crippen molar-refractivity contribution in [1.29, 1.82) is 0 Å². The van der Waals surface area contributed by atoms with Gasteiger partial charge in [-0.2, -0.15) is 5.10 Å². The largest absolute Gasteiger partial charge is 0.458 e. The number of aryl methyl sites for hydroxylation is 1. The summed E-state index contributed by atoms with van der Waals surface area (Å²) in [5.41, 5.74) is 3.37. The van der Waals surface area contributed by atoms with Crippen LogP contribution >= 0.6 is 23.2 Å². The predicted molar refractivity (Wildman–Crippen MR) is 108 cm³/mol. The first-order valence-electron chi connectivity index (χ1n) is 8.39. The summed E-state index contributed by atoms with van der Waals surface area (Å²) in [5.74, 6) is -0.457. The lowest BCUT2D eigenvalue weighted by Crippen LogP contribution is -2.02. The van der Waals surface area contributed by atoms with E-state index in [-0.39, 0.29) is 6.61 Å². The van der Waals surface area contributed by atoms with Gasteiger partial charge < -0.3 is 4.74 Å². The number of halogens is 2. The molecule has 2 aromatic carbocycles. The summed E-state index contributed by atoms with van der Waals surface area (Å²) in [4.78, 5) is 12.0. The van der Waals surface area contributed by atoms with Crippen molar-refractivity contribution in [3.8, 4) is 0 Å². The second-order valence-electron chi connectivity index (χ2n) is 6.00. The van der Waals surface area contributed by atoms with E-state index in [0.29, 0.717) is 22.3 Å². The van der Waals surface area contributed by atoms with Crippen molar-refractivity contribution in [3.63, 3.8) is 0 Å².